The van der Waals surface area contributed by atoms with Crippen LogP contribution in [0.4, 0.5) is 4.79 Å². The highest BCUT2D eigenvalue weighted by molar-refractivity contribution is 5.79. The molecule has 0 aliphatic heterocycles. The normalized spacial score (nSPS) is 12.8. The quantitative estimate of drug-likeness (QED) is 0.498. The zero-order valence-corrected chi connectivity index (χ0v) is 16.1. The molecular weight excluding hydrogens is 356 g/mol. The van der Waals surface area contributed by atoms with Crippen LogP contribution in [-0.2, 0) is 9.53 Å². The van der Waals surface area contributed by atoms with Crippen molar-refractivity contribution in [3.8, 4) is 11.1 Å². The lowest BCUT2D eigenvalue weighted by Gasteiger charge is -2.17. The summed E-state index contributed by atoms with van der Waals surface area (Å²) >= 11 is 0. The van der Waals surface area contributed by atoms with Crippen LogP contribution in [0.25, 0.3) is 11.1 Å². The second-order valence-corrected chi connectivity index (χ2v) is 6.76. The van der Waals surface area contributed by atoms with E-state index in [1.54, 1.807) is 0 Å². The van der Waals surface area contributed by atoms with Gasteiger partial charge in [0.1, 0.15) is 6.61 Å². The highest BCUT2D eigenvalue weighted by atomic mass is 16.5. The number of hydrogen-bond acceptors (Lipinski definition) is 4. The fourth-order valence-electron chi connectivity index (χ4n) is 3.51. The number of amides is 1. The maximum absolute atomic E-state index is 12.1. The number of nitrogens with two attached hydrogens (primary N) is 1. The van der Waals surface area contributed by atoms with Crippen molar-refractivity contribution in [2.45, 2.75) is 38.1 Å². The number of fused-ring (bicyclic) bond motifs is 3. The van der Waals surface area contributed by atoms with Crippen molar-refractivity contribution in [1.82, 2.24) is 5.32 Å². The molecule has 2 aromatic carbocycles. The molecule has 1 atom stereocenters. The number of carbonyl (C=O) groups excluding carboxylic acids is 1. The van der Waals surface area contributed by atoms with Gasteiger partial charge in [-0.15, -0.1) is 0 Å². The van der Waals surface area contributed by atoms with E-state index >= 15 is 0 Å². The van der Waals surface area contributed by atoms with Crippen LogP contribution < -0.4 is 11.1 Å². The zero-order chi connectivity index (χ0) is 20.4. The Hall–Kier alpha value is -2.86. The van der Waals surface area contributed by atoms with Gasteiger partial charge in [-0.1, -0.05) is 55.0 Å². The molecule has 0 aromatic heterocycles. The fourth-order valence-corrected chi connectivity index (χ4v) is 3.51. The summed E-state index contributed by atoms with van der Waals surface area (Å²) in [6, 6.07) is 16.8. The van der Waals surface area contributed by atoms with E-state index in [1.165, 1.54) is 22.3 Å². The third kappa shape index (κ3) is 5.57. The van der Waals surface area contributed by atoms with Crippen LogP contribution in [-0.4, -0.2) is 36.9 Å². The SMILES string of the molecule is CC(CCCCN)NC(=O)OCC1c2ccccc2-c2ccccc21.O=CO. The van der Waals surface area contributed by atoms with E-state index in [0.717, 1.165) is 19.3 Å². The summed E-state index contributed by atoms with van der Waals surface area (Å²) in [7, 11) is 0. The molecule has 1 amide bonds. The Balaban J connectivity index is 0.000000878. The standard InChI is InChI=1S/C21H26N2O2.CH2O2/c1-15(8-6-7-13-22)23-21(24)25-14-20-18-11-4-2-9-16(18)17-10-3-5-12-19(17)20;2-1-3/h2-5,9-12,15,20H,6-8,13-14,22H2,1H3,(H,23,24);1H,(H,2,3). The largest absolute Gasteiger partial charge is 0.483 e. The Labute approximate surface area is 165 Å². The van der Waals surface area contributed by atoms with Gasteiger partial charge in [0.2, 0.25) is 0 Å². The number of benzene rings is 2. The minimum atomic E-state index is -0.345. The first-order valence-electron chi connectivity index (χ1n) is 9.51. The van der Waals surface area contributed by atoms with Gasteiger partial charge in [-0.25, -0.2) is 4.79 Å². The predicted octanol–water partition coefficient (Wildman–Crippen LogP) is 3.74. The van der Waals surface area contributed by atoms with E-state index in [0.29, 0.717) is 13.2 Å². The monoisotopic (exact) mass is 384 g/mol. The number of carbonyl (C=O) groups is 2. The smallest absolute Gasteiger partial charge is 0.407 e. The van der Waals surface area contributed by atoms with Gasteiger partial charge in [-0.05, 0) is 48.6 Å². The number of unbranched alkanes of at least 4 members (excludes halogenated alkanes) is 1. The van der Waals surface area contributed by atoms with Gasteiger partial charge in [0.05, 0.1) is 0 Å². The first-order valence-corrected chi connectivity index (χ1v) is 9.51. The zero-order valence-electron chi connectivity index (χ0n) is 16.1. The van der Waals surface area contributed by atoms with Gasteiger partial charge in [0.15, 0.2) is 0 Å². The fraction of sp³-hybridized carbons (Fsp3) is 0.364. The summed E-state index contributed by atoms with van der Waals surface area (Å²) in [5.41, 5.74) is 10.4. The maximum atomic E-state index is 12.1. The molecule has 0 spiro atoms. The molecule has 6 nitrogen and oxygen atoms in total. The molecule has 0 fully saturated rings. The number of nitrogens with one attached hydrogen (secondary N) is 1. The minimum Gasteiger partial charge on any atom is -0.483 e. The molecule has 0 radical (unpaired) electrons. The molecule has 150 valence electrons. The first-order chi connectivity index (χ1) is 13.6. The topological polar surface area (TPSA) is 102 Å². The number of ether oxygens (including phenoxy) is 1. The molecule has 4 N–H and O–H groups in total. The Bertz CT molecular complexity index is 733. The molecule has 1 unspecified atom stereocenters. The van der Waals surface area contributed by atoms with Crippen molar-refractivity contribution >= 4 is 12.6 Å². The number of hydrogen-bond donors (Lipinski definition) is 3. The molecule has 6 heteroatoms. The molecule has 0 saturated heterocycles. The van der Waals surface area contributed by atoms with Crippen LogP contribution >= 0.6 is 0 Å². The van der Waals surface area contributed by atoms with Crippen molar-refractivity contribution < 1.29 is 19.4 Å². The van der Waals surface area contributed by atoms with Crippen molar-refractivity contribution in [3.63, 3.8) is 0 Å². The summed E-state index contributed by atoms with van der Waals surface area (Å²) in [6.07, 6.45) is 2.57. The Kier molecular flexibility index (Phi) is 8.49. The molecule has 1 aliphatic rings. The average Bonchev–Trinajstić information content (AvgIpc) is 3.01. The van der Waals surface area contributed by atoms with E-state index < -0.39 is 0 Å². The lowest BCUT2D eigenvalue weighted by Crippen LogP contribution is -2.33. The van der Waals surface area contributed by atoms with E-state index in [-0.39, 0.29) is 24.5 Å². The molecule has 0 bridgehead atoms. The van der Waals surface area contributed by atoms with Crippen molar-refractivity contribution in [3.05, 3.63) is 59.7 Å². The number of rotatable bonds is 7. The lowest BCUT2D eigenvalue weighted by molar-refractivity contribution is -0.122. The number of carboxylic acid groups (broad SMARTS) is 1. The van der Waals surface area contributed by atoms with E-state index in [4.69, 9.17) is 20.4 Å². The molecule has 0 saturated carbocycles. The highest BCUT2D eigenvalue weighted by Gasteiger charge is 2.29. The summed E-state index contributed by atoms with van der Waals surface area (Å²) < 4.78 is 5.54. The van der Waals surface area contributed by atoms with Gasteiger partial charge in [-0.2, -0.15) is 0 Å². The van der Waals surface area contributed by atoms with E-state index in [1.807, 2.05) is 19.1 Å². The maximum Gasteiger partial charge on any atom is 0.407 e. The summed E-state index contributed by atoms with van der Waals surface area (Å²) in [4.78, 5) is 20.5. The lowest BCUT2D eigenvalue weighted by atomic mass is 9.98. The van der Waals surface area contributed by atoms with E-state index in [9.17, 15) is 4.79 Å². The van der Waals surface area contributed by atoms with Crippen LogP contribution in [0.15, 0.2) is 48.5 Å². The van der Waals surface area contributed by atoms with Crippen molar-refractivity contribution in [2.24, 2.45) is 5.73 Å². The number of alkyl carbamates (subject to hydrolysis) is 1. The summed E-state index contributed by atoms with van der Waals surface area (Å²) in [5, 5.41) is 9.80. The summed E-state index contributed by atoms with van der Waals surface area (Å²) in [6.45, 7) is 2.80. The van der Waals surface area contributed by atoms with Gasteiger partial charge in [-0.3, -0.25) is 4.79 Å². The molecule has 1 aliphatic carbocycles. The Morgan fingerprint density at radius 2 is 1.68 bits per heavy atom. The van der Waals surface area contributed by atoms with Gasteiger partial charge >= 0.3 is 6.09 Å². The molecule has 3 rings (SSSR count). The summed E-state index contributed by atoms with van der Waals surface area (Å²) in [5.74, 6) is 0.102. The first kappa shape index (κ1) is 21.4. The third-order valence-electron chi connectivity index (χ3n) is 4.80. The van der Waals surface area contributed by atoms with Crippen LogP contribution in [0.2, 0.25) is 0 Å². The van der Waals surface area contributed by atoms with Crippen molar-refractivity contribution in [2.75, 3.05) is 13.2 Å². The molecular formula is C22H28N2O4. The molecule has 0 heterocycles. The van der Waals surface area contributed by atoms with E-state index in [2.05, 4.69) is 41.7 Å². The van der Waals surface area contributed by atoms with Gasteiger partial charge in [0.25, 0.3) is 6.47 Å². The third-order valence-corrected chi connectivity index (χ3v) is 4.80. The Morgan fingerprint density at radius 3 is 2.21 bits per heavy atom. The van der Waals surface area contributed by atoms with Crippen LogP contribution in [0.1, 0.15) is 43.2 Å². The predicted molar refractivity (Wildman–Crippen MR) is 109 cm³/mol. The highest BCUT2D eigenvalue weighted by Crippen LogP contribution is 2.44. The van der Waals surface area contributed by atoms with Crippen LogP contribution in [0, 0.1) is 0 Å². The molecule has 28 heavy (non-hydrogen) atoms. The van der Waals surface area contributed by atoms with Crippen LogP contribution in [0.5, 0.6) is 0 Å². The van der Waals surface area contributed by atoms with Crippen molar-refractivity contribution in [1.29, 1.82) is 0 Å². The molecule has 2 aromatic rings. The second kappa shape index (κ2) is 11.1. The average molecular weight is 384 g/mol. The van der Waals surface area contributed by atoms with Gasteiger partial charge < -0.3 is 20.9 Å². The second-order valence-electron chi connectivity index (χ2n) is 6.76. The van der Waals surface area contributed by atoms with Gasteiger partial charge in [0, 0.05) is 12.0 Å². The minimum absolute atomic E-state index is 0.0993. The van der Waals surface area contributed by atoms with Crippen LogP contribution in [0.3, 0.4) is 0 Å². The Morgan fingerprint density at radius 1 is 1.14 bits per heavy atom.